The molecule has 1 aromatic carbocycles. The van der Waals surface area contributed by atoms with Crippen molar-refractivity contribution >= 4 is 39.1 Å². The van der Waals surface area contributed by atoms with Crippen LogP contribution in [0.4, 0.5) is 0 Å². The highest BCUT2D eigenvalue weighted by molar-refractivity contribution is 7.89. The molecule has 0 unspecified atom stereocenters. The first-order valence-electron chi connectivity index (χ1n) is 7.63. The number of carbonyl (C=O) groups excluding carboxylic acids is 1. The predicted octanol–water partition coefficient (Wildman–Crippen LogP) is 2.67. The SMILES string of the molecule is O=C(C1CC1)N1CCC(NS(=O)(=O)c2cccc(Cl)c2Cl)CC1. The van der Waals surface area contributed by atoms with Crippen LogP contribution in [0, 0.1) is 5.92 Å². The maximum atomic E-state index is 12.5. The molecule has 1 heterocycles. The number of rotatable bonds is 4. The molecule has 1 amide bonds. The van der Waals surface area contributed by atoms with E-state index in [4.69, 9.17) is 23.2 Å². The van der Waals surface area contributed by atoms with Crippen molar-refractivity contribution in [2.45, 2.75) is 36.6 Å². The van der Waals surface area contributed by atoms with Crippen LogP contribution < -0.4 is 4.72 Å². The molecule has 2 aliphatic rings. The van der Waals surface area contributed by atoms with Crippen LogP contribution in [-0.2, 0) is 14.8 Å². The fraction of sp³-hybridized carbons (Fsp3) is 0.533. The van der Waals surface area contributed by atoms with E-state index < -0.39 is 10.0 Å². The molecule has 1 N–H and O–H groups in total. The number of nitrogens with one attached hydrogen (secondary N) is 1. The summed E-state index contributed by atoms with van der Waals surface area (Å²) in [4.78, 5) is 13.8. The monoisotopic (exact) mass is 376 g/mol. The topological polar surface area (TPSA) is 66.5 Å². The molecule has 3 rings (SSSR count). The Kier molecular flexibility index (Phi) is 4.88. The molecule has 0 aromatic heterocycles. The fourth-order valence-electron chi connectivity index (χ4n) is 2.78. The van der Waals surface area contributed by atoms with Gasteiger partial charge in [0.1, 0.15) is 4.90 Å². The molecule has 126 valence electrons. The molecular formula is C15H18Cl2N2O3S. The van der Waals surface area contributed by atoms with E-state index in [2.05, 4.69) is 4.72 Å². The first-order chi connectivity index (χ1) is 10.9. The van der Waals surface area contributed by atoms with Crippen LogP contribution in [0.15, 0.2) is 23.1 Å². The van der Waals surface area contributed by atoms with Crippen molar-refractivity contribution in [1.82, 2.24) is 9.62 Å². The van der Waals surface area contributed by atoms with Gasteiger partial charge in [0.2, 0.25) is 15.9 Å². The average molecular weight is 377 g/mol. The summed E-state index contributed by atoms with van der Waals surface area (Å²) in [7, 11) is -3.72. The normalized spacial score (nSPS) is 19.8. The molecule has 23 heavy (non-hydrogen) atoms. The second-order valence-corrected chi connectivity index (χ2v) is 8.51. The fourth-order valence-corrected chi connectivity index (χ4v) is 4.85. The van der Waals surface area contributed by atoms with E-state index in [1.54, 1.807) is 12.1 Å². The molecule has 8 heteroatoms. The minimum atomic E-state index is -3.72. The predicted molar refractivity (Wildman–Crippen MR) is 89.1 cm³/mol. The molecule has 2 fully saturated rings. The van der Waals surface area contributed by atoms with Gasteiger partial charge in [0, 0.05) is 25.0 Å². The number of amides is 1. The molecule has 1 saturated heterocycles. The van der Waals surface area contributed by atoms with Crippen molar-refractivity contribution in [2.75, 3.05) is 13.1 Å². The smallest absolute Gasteiger partial charge is 0.242 e. The zero-order chi connectivity index (χ0) is 16.6. The Labute approximate surface area is 146 Å². The van der Waals surface area contributed by atoms with Gasteiger partial charge in [-0.15, -0.1) is 0 Å². The molecule has 0 bridgehead atoms. The van der Waals surface area contributed by atoms with Crippen molar-refractivity contribution in [3.63, 3.8) is 0 Å². The van der Waals surface area contributed by atoms with Crippen LogP contribution in [0.1, 0.15) is 25.7 Å². The Morgan fingerprint density at radius 1 is 1.13 bits per heavy atom. The zero-order valence-corrected chi connectivity index (χ0v) is 14.8. The first kappa shape index (κ1) is 17.0. The number of nitrogens with zero attached hydrogens (tertiary/aromatic N) is 1. The maximum Gasteiger partial charge on any atom is 0.242 e. The number of sulfonamides is 1. The molecule has 1 aliphatic heterocycles. The van der Waals surface area contributed by atoms with Crippen molar-refractivity contribution in [3.8, 4) is 0 Å². The lowest BCUT2D eigenvalue weighted by molar-refractivity contribution is -0.133. The highest BCUT2D eigenvalue weighted by Crippen LogP contribution is 2.32. The third-order valence-corrected chi connectivity index (χ3v) is 6.75. The Morgan fingerprint density at radius 3 is 2.39 bits per heavy atom. The second kappa shape index (κ2) is 6.59. The van der Waals surface area contributed by atoms with E-state index in [0.717, 1.165) is 12.8 Å². The quantitative estimate of drug-likeness (QED) is 0.878. The molecule has 0 atom stereocenters. The lowest BCUT2D eigenvalue weighted by Gasteiger charge is -2.32. The first-order valence-corrected chi connectivity index (χ1v) is 9.87. The second-order valence-electron chi connectivity index (χ2n) is 6.05. The Balaban J connectivity index is 1.63. The van der Waals surface area contributed by atoms with Gasteiger partial charge in [-0.2, -0.15) is 0 Å². The summed E-state index contributed by atoms with van der Waals surface area (Å²) in [6, 6.07) is 4.34. The van der Waals surface area contributed by atoms with E-state index in [-0.39, 0.29) is 32.8 Å². The van der Waals surface area contributed by atoms with Crippen LogP contribution in [0.5, 0.6) is 0 Å². The third kappa shape index (κ3) is 3.82. The molecular weight excluding hydrogens is 359 g/mol. The number of likely N-dealkylation sites (tertiary alicyclic amines) is 1. The van der Waals surface area contributed by atoms with E-state index in [9.17, 15) is 13.2 Å². The molecule has 1 aliphatic carbocycles. The van der Waals surface area contributed by atoms with E-state index in [0.29, 0.717) is 25.9 Å². The number of benzene rings is 1. The summed E-state index contributed by atoms with van der Waals surface area (Å²) in [5.41, 5.74) is 0. The lowest BCUT2D eigenvalue weighted by Crippen LogP contribution is -2.46. The Hall–Kier alpha value is -0.820. The number of hydrogen-bond acceptors (Lipinski definition) is 3. The van der Waals surface area contributed by atoms with Gasteiger partial charge in [0.25, 0.3) is 0 Å². The molecule has 0 spiro atoms. The highest BCUT2D eigenvalue weighted by Gasteiger charge is 2.35. The number of piperidine rings is 1. The number of halogens is 2. The Bertz CT molecular complexity index is 711. The van der Waals surface area contributed by atoms with Gasteiger partial charge in [0.05, 0.1) is 10.0 Å². The summed E-state index contributed by atoms with van der Waals surface area (Å²) in [5.74, 6) is 0.415. The number of carbonyl (C=O) groups is 1. The summed E-state index contributed by atoms with van der Waals surface area (Å²) in [5, 5.41) is 0.238. The van der Waals surface area contributed by atoms with Gasteiger partial charge in [0.15, 0.2) is 0 Å². The van der Waals surface area contributed by atoms with E-state index in [1.165, 1.54) is 6.07 Å². The van der Waals surface area contributed by atoms with Gasteiger partial charge in [-0.05, 0) is 37.8 Å². The van der Waals surface area contributed by atoms with Gasteiger partial charge in [-0.3, -0.25) is 4.79 Å². The van der Waals surface area contributed by atoms with Gasteiger partial charge < -0.3 is 4.90 Å². The van der Waals surface area contributed by atoms with E-state index >= 15 is 0 Å². The minimum Gasteiger partial charge on any atom is -0.342 e. The summed E-state index contributed by atoms with van der Waals surface area (Å²) < 4.78 is 27.6. The van der Waals surface area contributed by atoms with Crippen LogP contribution in [-0.4, -0.2) is 38.4 Å². The van der Waals surface area contributed by atoms with Crippen molar-refractivity contribution < 1.29 is 13.2 Å². The summed E-state index contributed by atoms with van der Waals surface area (Å²) in [6.07, 6.45) is 3.18. The minimum absolute atomic E-state index is 0.0110. The summed E-state index contributed by atoms with van der Waals surface area (Å²) in [6.45, 7) is 1.18. The van der Waals surface area contributed by atoms with Gasteiger partial charge in [-0.1, -0.05) is 29.3 Å². The van der Waals surface area contributed by atoms with E-state index in [1.807, 2.05) is 4.90 Å². The van der Waals surface area contributed by atoms with Crippen LogP contribution in [0.3, 0.4) is 0 Å². The largest absolute Gasteiger partial charge is 0.342 e. The van der Waals surface area contributed by atoms with Crippen molar-refractivity contribution in [3.05, 3.63) is 28.2 Å². The standard InChI is InChI=1S/C15H18Cl2N2O3S/c16-12-2-1-3-13(14(12)17)23(21,22)18-11-6-8-19(9-7-11)15(20)10-4-5-10/h1-3,10-11,18H,4-9H2. The van der Waals surface area contributed by atoms with Gasteiger partial charge in [-0.25, -0.2) is 13.1 Å². The number of hydrogen-bond donors (Lipinski definition) is 1. The highest BCUT2D eigenvalue weighted by atomic mass is 35.5. The molecule has 0 radical (unpaired) electrons. The molecule has 1 aromatic rings. The van der Waals surface area contributed by atoms with Crippen LogP contribution in [0.25, 0.3) is 0 Å². The zero-order valence-electron chi connectivity index (χ0n) is 12.5. The molecule has 5 nitrogen and oxygen atoms in total. The molecule has 1 saturated carbocycles. The van der Waals surface area contributed by atoms with Crippen LogP contribution in [0.2, 0.25) is 10.0 Å². The Morgan fingerprint density at radius 2 is 1.78 bits per heavy atom. The van der Waals surface area contributed by atoms with Crippen molar-refractivity contribution in [1.29, 1.82) is 0 Å². The van der Waals surface area contributed by atoms with Crippen LogP contribution >= 0.6 is 23.2 Å². The average Bonchev–Trinajstić information content (AvgIpc) is 3.34. The lowest BCUT2D eigenvalue weighted by atomic mass is 10.1. The summed E-state index contributed by atoms with van der Waals surface area (Å²) >= 11 is 11.9. The maximum absolute atomic E-state index is 12.5. The third-order valence-electron chi connectivity index (χ3n) is 4.26. The van der Waals surface area contributed by atoms with Gasteiger partial charge >= 0.3 is 0 Å². The van der Waals surface area contributed by atoms with Crippen molar-refractivity contribution in [2.24, 2.45) is 5.92 Å².